The number of anilines is 1. The van der Waals surface area contributed by atoms with E-state index in [0.717, 1.165) is 9.99 Å². The molecule has 0 spiro atoms. The van der Waals surface area contributed by atoms with Crippen molar-refractivity contribution in [2.75, 3.05) is 11.4 Å². The standard InChI is InChI=1S/C15H17FINO2/c1-9(2)14(19)11-4-3-7-18(15(11)20)13-6-5-10(17)8-12(13)16/h5-6,8-9,11H,3-4,7H2,1-2H3. The molecule has 1 heterocycles. The molecule has 0 saturated carbocycles. The molecule has 1 fully saturated rings. The maximum atomic E-state index is 14.0. The highest BCUT2D eigenvalue weighted by atomic mass is 127. The number of hydrogen-bond acceptors (Lipinski definition) is 2. The lowest BCUT2D eigenvalue weighted by Crippen LogP contribution is -2.45. The summed E-state index contributed by atoms with van der Waals surface area (Å²) in [6, 6.07) is 4.77. The summed E-state index contributed by atoms with van der Waals surface area (Å²) in [6.07, 6.45) is 1.29. The van der Waals surface area contributed by atoms with Gasteiger partial charge in [0.05, 0.1) is 11.6 Å². The molecule has 5 heteroatoms. The Morgan fingerprint density at radius 3 is 2.75 bits per heavy atom. The molecule has 3 nitrogen and oxygen atoms in total. The molecule has 1 aliphatic rings. The summed E-state index contributed by atoms with van der Waals surface area (Å²) in [5.41, 5.74) is 0.275. The molecule has 1 aromatic carbocycles. The van der Waals surface area contributed by atoms with Crippen molar-refractivity contribution >= 4 is 40.0 Å². The third-order valence-corrected chi connectivity index (χ3v) is 4.22. The molecule has 1 atom stereocenters. The largest absolute Gasteiger partial charge is 0.309 e. The minimum absolute atomic E-state index is 0.0504. The Bertz CT molecular complexity index is 545. The van der Waals surface area contributed by atoms with Crippen LogP contribution in [0.1, 0.15) is 26.7 Å². The number of amides is 1. The van der Waals surface area contributed by atoms with Gasteiger partial charge in [0.25, 0.3) is 0 Å². The van der Waals surface area contributed by atoms with Crippen LogP contribution in [-0.4, -0.2) is 18.2 Å². The fourth-order valence-corrected chi connectivity index (χ4v) is 2.93. The van der Waals surface area contributed by atoms with Crippen LogP contribution in [0.4, 0.5) is 10.1 Å². The summed E-state index contributed by atoms with van der Waals surface area (Å²) in [4.78, 5) is 25.9. The van der Waals surface area contributed by atoms with Gasteiger partial charge in [-0.1, -0.05) is 13.8 Å². The average Bonchev–Trinajstić information content (AvgIpc) is 2.39. The zero-order valence-corrected chi connectivity index (χ0v) is 13.7. The highest BCUT2D eigenvalue weighted by molar-refractivity contribution is 14.1. The van der Waals surface area contributed by atoms with Gasteiger partial charge < -0.3 is 4.90 Å². The lowest BCUT2D eigenvalue weighted by Gasteiger charge is -2.32. The Morgan fingerprint density at radius 1 is 1.45 bits per heavy atom. The second-order valence-electron chi connectivity index (χ2n) is 5.34. The van der Waals surface area contributed by atoms with Gasteiger partial charge >= 0.3 is 0 Å². The lowest BCUT2D eigenvalue weighted by molar-refractivity contribution is -0.135. The van der Waals surface area contributed by atoms with E-state index in [-0.39, 0.29) is 23.3 Å². The summed E-state index contributed by atoms with van der Waals surface area (Å²) in [5.74, 6) is -1.53. The maximum absolute atomic E-state index is 14.0. The van der Waals surface area contributed by atoms with Crippen molar-refractivity contribution in [1.82, 2.24) is 0 Å². The van der Waals surface area contributed by atoms with Gasteiger partial charge in [-0.15, -0.1) is 0 Å². The zero-order chi connectivity index (χ0) is 14.9. The van der Waals surface area contributed by atoms with Crippen LogP contribution in [-0.2, 0) is 9.59 Å². The number of piperidine rings is 1. The molecule has 0 radical (unpaired) electrons. The van der Waals surface area contributed by atoms with Crippen LogP contribution in [0.2, 0.25) is 0 Å². The summed E-state index contributed by atoms with van der Waals surface area (Å²) >= 11 is 2.02. The number of rotatable bonds is 3. The second kappa shape index (κ2) is 6.20. The first kappa shape index (κ1) is 15.4. The normalized spacial score (nSPS) is 19.6. The summed E-state index contributed by atoms with van der Waals surface area (Å²) in [7, 11) is 0. The Kier molecular flexibility index (Phi) is 4.78. The van der Waals surface area contributed by atoms with E-state index in [1.165, 1.54) is 11.0 Å². The Morgan fingerprint density at radius 2 is 2.15 bits per heavy atom. The van der Waals surface area contributed by atoms with E-state index in [9.17, 15) is 14.0 Å². The average molecular weight is 389 g/mol. The van der Waals surface area contributed by atoms with Crippen LogP contribution in [0, 0.1) is 21.2 Å². The predicted molar refractivity (Wildman–Crippen MR) is 84.0 cm³/mol. The van der Waals surface area contributed by atoms with Gasteiger partial charge in [-0.3, -0.25) is 9.59 Å². The smallest absolute Gasteiger partial charge is 0.237 e. The van der Waals surface area contributed by atoms with Gasteiger partial charge in [0.1, 0.15) is 11.6 Å². The number of benzene rings is 1. The van der Waals surface area contributed by atoms with Gasteiger partial charge in [-0.2, -0.15) is 0 Å². The number of ketones is 1. The SMILES string of the molecule is CC(C)C(=O)C1CCCN(c2ccc(I)cc2F)C1=O. The van der Waals surface area contributed by atoms with E-state index >= 15 is 0 Å². The number of hydrogen-bond donors (Lipinski definition) is 0. The van der Waals surface area contributed by atoms with Crippen molar-refractivity contribution < 1.29 is 14.0 Å². The van der Waals surface area contributed by atoms with Crippen LogP contribution in [0.5, 0.6) is 0 Å². The van der Waals surface area contributed by atoms with Crippen LogP contribution >= 0.6 is 22.6 Å². The van der Waals surface area contributed by atoms with E-state index < -0.39 is 11.7 Å². The number of Topliss-reactive ketones (excluding diaryl/α,β-unsaturated/α-hetero) is 1. The molecule has 1 aliphatic heterocycles. The van der Waals surface area contributed by atoms with Gasteiger partial charge in [0.15, 0.2) is 0 Å². The first-order chi connectivity index (χ1) is 9.41. The first-order valence-electron chi connectivity index (χ1n) is 6.72. The third kappa shape index (κ3) is 3.02. The van der Waals surface area contributed by atoms with Gasteiger partial charge in [0.2, 0.25) is 5.91 Å². The van der Waals surface area contributed by atoms with E-state index in [1.54, 1.807) is 26.0 Å². The number of halogens is 2. The Hall–Kier alpha value is -0.980. The molecule has 20 heavy (non-hydrogen) atoms. The van der Waals surface area contributed by atoms with Crippen molar-refractivity contribution in [1.29, 1.82) is 0 Å². The van der Waals surface area contributed by atoms with E-state index in [2.05, 4.69) is 0 Å². The molecule has 2 rings (SSSR count). The number of nitrogens with zero attached hydrogens (tertiary/aromatic N) is 1. The van der Waals surface area contributed by atoms with Crippen LogP contribution < -0.4 is 4.90 Å². The van der Waals surface area contributed by atoms with Crippen molar-refractivity contribution in [3.05, 3.63) is 27.6 Å². The molecule has 0 N–H and O–H groups in total. The van der Waals surface area contributed by atoms with Gasteiger partial charge in [-0.25, -0.2) is 4.39 Å². The van der Waals surface area contributed by atoms with Crippen molar-refractivity contribution in [3.8, 4) is 0 Å². The fraction of sp³-hybridized carbons (Fsp3) is 0.467. The topological polar surface area (TPSA) is 37.4 Å². The highest BCUT2D eigenvalue weighted by Gasteiger charge is 2.36. The number of carbonyl (C=O) groups excluding carboxylic acids is 2. The molecular weight excluding hydrogens is 372 g/mol. The van der Waals surface area contributed by atoms with Crippen molar-refractivity contribution in [2.45, 2.75) is 26.7 Å². The fourth-order valence-electron chi connectivity index (χ4n) is 2.48. The molecule has 0 aliphatic carbocycles. The minimum Gasteiger partial charge on any atom is -0.309 e. The zero-order valence-electron chi connectivity index (χ0n) is 11.5. The summed E-state index contributed by atoms with van der Waals surface area (Å²) in [6.45, 7) is 4.05. The molecule has 0 aromatic heterocycles. The molecule has 1 amide bonds. The van der Waals surface area contributed by atoms with Crippen LogP contribution in [0.15, 0.2) is 18.2 Å². The van der Waals surface area contributed by atoms with Gasteiger partial charge in [-0.05, 0) is 53.6 Å². The Balaban J connectivity index is 2.28. The quantitative estimate of drug-likeness (QED) is 0.587. The van der Waals surface area contributed by atoms with Crippen LogP contribution in [0.3, 0.4) is 0 Å². The van der Waals surface area contributed by atoms with E-state index in [1.807, 2.05) is 22.6 Å². The van der Waals surface area contributed by atoms with E-state index in [4.69, 9.17) is 0 Å². The predicted octanol–water partition coefficient (Wildman–Crippen LogP) is 3.40. The molecule has 1 unspecified atom stereocenters. The molecule has 0 bridgehead atoms. The van der Waals surface area contributed by atoms with Crippen molar-refractivity contribution in [2.24, 2.45) is 11.8 Å². The molecule has 1 aromatic rings. The van der Waals surface area contributed by atoms with E-state index in [0.29, 0.717) is 13.0 Å². The third-order valence-electron chi connectivity index (χ3n) is 3.55. The minimum atomic E-state index is -0.623. The van der Waals surface area contributed by atoms with Crippen molar-refractivity contribution in [3.63, 3.8) is 0 Å². The maximum Gasteiger partial charge on any atom is 0.237 e. The monoisotopic (exact) mass is 389 g/mol. The Labute approximate surface area is 131 Å². The van der Waals surface area contributed by atoms with Crippen LogP contribution in [0.25, 0.3) is 0 Å². The van der Waals surface area contributed by atoms with Gasteiger partial charge in [0, 0.05) is 16.0 Å². The summed E-state index contributed by atoms with van der Waals surface area (Å²) < 4.78 is 14.8. The first-order valence-corrected chi connectivity index (χ1v) is 7.80. The molecule has 1 saturated heterocycles. The second-order valence-corrected chi connectivity index (χ2v) is 6.58. The molecule has 108 valence electrons. The summed E-state index contributed by atoms with van der Waals surface area (Å²) in [5, 5.41) is 0. The molecular formula is C15H17FINO2. The number of carbonyl (C=O) groups is 2. The lowest BCUT2D eigenvalue weighted by atomic mass is 9.87. The highest BCUT2D eigenvalue weighted by Crippen LogP contribution is 2.29.